The number of hydrogen-bond donors (Lipinski definition) is 2. The highest BCUT2D eigenvalue weighted by Gasteiger charge is 2.36. The summed E-state index contributed by atoms with van der Waals surface area (Å²) in [5.41, 5.74) is 2.55. The predicted molar refractivity (Wildman–Crippen MR) is 111 cm³/mol. The summed E-state index contributed by atoms with van der Waals surface area (Å²) in [6, 6.07) is 12.7. The van der Waals surface area contributed by atoms with Crippen molar-refractivity contribution in [3.63, 3.8) is 0 Å². The Kier molecular flexibility index (Phi) is 6.95. The van der Waals surface area contributed by atoms with E-state index in [1.807, 2.05) is 24.3 Å². The number of ether oxygens (including phenoxy) is 1. The maximum absolute atomic E-state index is 12.7. The topological polar surface area (TPSA) is 95.9 Å². The fourth-order valence-corrected chi connectivity index (χ4v) is 3.69. The fourth-order valence-electron chi connectivity index (χ4n) is 3.57. The molecule has 2 unspecified atom stereocenters. The van der Waals surface area contributed by atoms with Crippen molar-refractivity contribution in [2.24, 2.45) is 0 Å². The molecule has 1 aliphatic rings. The first-order chi connectivity index (χ1) is 14.4. The minimum absolute atomic E-state index is 0.0553. The van der Waals surface area contributed by atoms with E-state index in [1.165, 1.54) is 4.90 Å². The number of carbonyl (C=O) groups is 3. The van der Waals surface area contributed by atoms with Crippen molar-refractivity contribution in [3.8, 4) is 0 Å². The Labute approximate surface area is 179 Å². The molecular formula is C22H23ClN2O5. The average Bonchev–Trinajstić information content (AvgIpc) is 3.08. The molecule has 0 aliphatic carbocycles. The second kappa shape index (κ2) is 9.63. The zero-order valence-corrected chi connectivity index (χ0v) is 17.3. The molecule has 2 aromatic carbocycles. The summed E-state index contributed by atoms with van der Waals surface area (Å²) in [6.45, 7) is 2.30. The van der Waals surface area contributed by atoms with Crippen molar-refractivity contribution in [2.45, 2.75) is 38.4 Å². The lowest BCUT2D eigenvalue weighted by Gasteiger charge is -2.25. The van der Waals surface area contributed by atoms with E-state index in [0.717, 1.165) is 16.7 Å². The first-order valence-corrected chi connectivity index (χ1v) is 10.0. The molecule has 0 radical (unpaired) electrons. The molecule has 30 heavy (non-hydrogen) atoms. The Morgan fingerprint density at radius 3 is 2.57 bits per heavy atom. The molecule has 1 aliphatic heterocycles. The maximum Gasteiger partial charge on any atom is 0.410 e. The van der Waals surface area contributed by atoms with Gasteiger partial charge in [-0.2, -0.15) is 0 Å². The van der Waals surface area contributed by atoms with Crippen molar-refractivity contribution in [3.05, 3.63) is 70.2 Å². The fraction of sp³-hybridized carbons (Fsp3) is 0.318. The number of benzene rings is 2. The van der Waals surface area contributed by atoms with Gasteiger partial charge in [-0.05, 0) is 35.7 Å². The normalized spacial score (nSPS) is 15.9. The second-order valence-electron chi connectivity index (χ2n) is 7.03. The van der Waals surface area contributed by atoms with Crippen LogP contribution in [0.3, 0.4) is 0 Å². The van der Waals surface area contributed by atoms with Crippen LogP contribution < -0.4 is 5.32 Å². The van der Waals surface area contributed by atoms with Crippen molar-refractivity contribution in [2.75, 3.05) is 6.61 Å². The van der Waals surface area contributed by atoms with Gasteiger partial charge in [0.15, 0.2) is 0 Å². The van der Waals surface area contributed by atoms with Gasteiger partial charge in [-0.3, -0.25) is 9.69 Å². The van der Waals surface area contributed by atoms with Crippen molar-refractivity contribution in [1.29, 1.82) is 0 Å². The molecule has 158 valence electrons. The van der Waals surface area contributed by atoms with Crippen molar-refractivity contribution >= 4 is 29.6 Å². The Morgan fingerprint density at radius 2 is 1.90 bits per heavy atom. The molecule has 8 heteroatoms. The molecule has 1 heterocycles. The van der Waals surface area contributed by atoms with Crippen LogP contribution in [0.15, 0.2) is 48.5 Å². The summed E-state index contributed by atoms with van der Waals surface area (Å²) in [5.74, 6) is -1.58. The highest BCUT2D eigenvalue weighted by molar-refractivity contribution is 6.30. The first kappa shape index (κ1) is 21.6. The number of nitrogens with one attached hydrogen (secondary N) is 1. The summed E-state index contributed by atoms with van der Waals surface area (Å²) < 4.78 is 5.13. The van der Waals surface area contributed by atoms with Crippen molar-refractivity contribution in [1.82, 2.24) is 10.2 Å². The summed E-state index contributed by atoms with van der Waals surface area (Å²) in [7, 11) is 0. The quantitative estimate of drug-likeness (QED) is 0.700. The molecule has 0 aromatic heterocycles. The lowest BCUT2D eigenvalue weighted by Crippen LogP contribution is -2.43. The van der Waals surface area contributed by atoms with E-state index >= 15 is 0 Å². The molecule has 0 saturated heterocycles. The van der Waals surface area contributed by atoms with Gasteiger partial charge in [-0.1, -0.05) is 48.0 Å². The number of carboxylic acids is 1. The lowest BCUT2D eigenvalue weighted by atomic mass is 10.0. The van der Waals surface area contributed by atoms with Gasteiger partial charge < -0.3 is 15.2 Å². The van der Waals surface area contributed by atoms with Gasteiger partial charge in [0, 0.05) is 18.0 Å². The van der Waals surface area contributed by atoms with E-state index in [0.29, 0.717) is 11.6 Å². The summed E-state index contributed by atoms with van der Waals surface area (Å²) in [6.07, 6.45) is -0.427. The van der Waals surface area contributed by atoms with Crippen LogP contribution in [0.2, 0.25) is 5.02 Å². The number of rotatable bonds is 7. The Morgan fingerprint density at radius 1 is 1.20 bits per heavy atom. The Bertz CT molecular complexity index is 931. The molecule has 2 N–H and O–H groups in total. The van der Waals surface area contributed by atoms with Gasteiger partial charge in [-0.15, -0.1) is 0 Å². The van der Waals surface area contributed by atoms with Crippen LogP contribution >= 0.6 is 11.6 Å². The van der Waals surface area contributed by atoms with E-state index < -0.39 is 30.1 Å². The van der Waals surface area contributed by atoms with Gasteiger partial charge >= 0.3 is 12.1 Å². The highest BCUT2D eigenvalue weighted by Crippen LogP contribution is 2.36. The molecule has 0 bridgehead atoms. The van der Waals surface area contributed by atoms with Gasteiger partial charge in [0.1, 0.15) is 6.04 Å². The number of carbonyl (C=O) groups excluding carboxylic acids is 2. The zero-order valence-electron chi connectivity index (χ0n) is 16.5. The molecule has 0 fully saturated rings. The monoisotopic (exact) mass is 430 g/mol. The molecule has 2 atom stereocenters. The van der Waals surface area contributed by atoms with Crippen LogP contribution in [0.25, 0.3) is 0 Å². The number of hydrogen-bond acceptors (Lipinski definition) is 4. The highest BCUT2D eigenvalue weighted by atomic mass is 35.5. The number of carboxylic acid groups (broad SMARTS) is 1. The number of amides is 2. The summed E-state index contributed by atoms with van der Waals surface area (Å²) in [4.78, 5) is 38.3. The molecule has 7 nitrogen and oxygen atoms in total. The molecule has 2 aromatic rings. The summed E-state index contributed by atoms with van der Waals surface area (Å²) in [5, 5.41) is 12.7. The smallest absolute Gasteiger partial charge is 0.410 e. The minimum atomic E-state index is -1.13. The number of aliphatic carboxylic acids is 1. The minimum Gasteiger partial charge on any atom is -0.480 e. The van der Waals surface area contributed by atoms with Crippen LogP contribution in [0, 0.1) is 0 Å². The van der Waals surface area contributed by atoms with E-state index in [-0.39, 0.29) is 19.4 Å². The molecule has 0 spiro atoms. The van der Waals surface area contributed by atoms with Crippen LogP contribution in [0.1, 0.15) is 36.1 Å². The van der Waals surface area contributed by atoms with E-state index in [4.69, 9.17) is 16.3 Å². The first-order valence-electron chi connectivity index (χ1n) is 9.66. The van der Waals surface area contributed by atoms with E-state index in [1.54, 1.807) is 31.2 Å². The zero-order chi connectivity index (χ0) is 21.7. The average molecular weight is 431 g/mol. The Hall–Kier alpha value is -3.06. The standard InChI is InChI=1S/C22H23ClN2O5/c1-2-30-22(29)25-13-15-5-3-4-6-17(15)19(25)12-20(26)24-18(21(27)28)11-14-7-9-16(23)10-8-14/h3-10,18-19H,2,11-13H2,1H3,(H,24,26)(H,27,28). The Balaban J connectivity index is 1.72. The van der Waals surface area contributed by atoms with E-state index in [2.05, 4.69) is 5.32 Å². The maximum atomic E-state index is 12.7. The second-order valence-corrected chi connectivity index (χ2v) is 7.47. The molecule has 0 saturated carbocycles. The lowest BCUT2D eigenvalue weighted by molar-refractivity contribution is -0.142. The molecular weight excluding hydrogens is 408 g/mol. The van der Waals surface area contributed by atoms with Gasteiger partial charge in [0.05, 0.1) is 19.1 Å². The largest absolute Gasteiger partial charge is 0.480 e. The van der Waals surface area contributed by atoms with Crippen LogP contribution in [0.5, 0.6) is 0 Å². The van der Waals surface area contributed by atoms with Gasteiger partial charge in [0.2, 0.25) is 5.91 Å². The van der Waals surface area contributed by atoms with Crippen LogP contribution in [0.4, 0.5) is 4.79 Å². The van der Waals surface area contributed by atoms with Crippen LogP contribution in [-0.4, -0.2) is 40.6 Å². The number of nitrogens with zero attached hydrogens (tertiary/aromatic N) is 1. The SMILES string of the molecule is CCOC(=O)N1Cc2ccccc2C1CC(=O)NC(Cc1ccc(Cl)cc1)C(=O)O. The summed E-state index contributed by atoms with van der Waals surface area (Å²) >= 11 is 5.86. The van der Waals surface area contributed by atoms with Gasteiger partial charge in [-0.25, -0.2) is 9.59 Å². The predicted octanol–water partition coefficient (Wildman–Crippen LogP) is 3.56. The van der Waals surface area contributed by atoms with E-state index in [9.17, 15) is 19.5 Å². The molecule has 3 rings (SSSR count). The number of fused-ring (bicyclic) bond motifs is 1. The molecule has 2 amide bonds. The number of halogens is 1. The van der Waals surface area contributed by atoms with Crippen LogP contribution in [-0.2, 0) is 27.3 Å². The van der Waals surface area contributed by atoms with Gasteiger partial charge in [0.25, 0.3) is 0 Å². The van der Waals surface area contributed by atoms with Crippen molar-refractivity contribution < 1.29 is 24.2 Å². The third-order valence-electron chi connectivity index (χ3n) is 5.00. The third kappa shape index (κ3) is 5.10. The third-order valence-corrected chi connectivity index (χ3v) is 5.25.